The number of rotatable bonds is 5. The van der Waals surface area contributed by atoms with E-state index in [1.165, 1.54) is 47.5 Å². The Balaban J connectivity index is 1.65. The zero-order valence-electron chi connectivity index (χ0n) is 13.4. The summed E-state index contributed by atoms with van der Waals surface area (Å²) in [4.78, 5) is 20.8. The number of carbonyl (C=O) groups excluding carboxylic acids is 1. The van der Waals surface area contributed by atoms with E-state index in [-0.39, 0.29) is 22.6 Å². The second-order valence-corrected chi connectivity index (χ2v) is 8.53. The van der Waals surface area contributed by atoms with Gasteiger partial charge in [0.15, 0.2) is 10.2 Å². The van der Waals surface area contributed by atoms with E-state index >= 15 is 0 Å². The maximum Gasteiger partial charge on any atom is 0.238 e. The van der Waals surface area contributed by atoms with Gasteiger partial charge < -0.3 is 5.32 Å². The monoisotopic (exact) mass is 427 g/mol. The Morgan fingerprint density at radius 2 is 2.04 bits per heavy atom. The van der Waals surface area contributed by atoms with E-state index in [9.17, 15) is 9.18 Å². The molecule has 134 valence electrons. The van der Waals surface area contributed by atoms with Crippen molar-refractivity contribution in [2.45, 2.75) is 16.5 Å². The van der Waals surface area contributed by atoms with Crippen molar-refractivity contribution in [3.8, 4) is 11.3 Å². The third kappa shape index (κ3) is 4.73. The minimum absolute atomic E-state index is 0.245. The summed E-state index contributed by atoms with van der Waals surface area (Å²) in [6, 6.07) is 7.63. The molecular formula is C17H12Cl2FN3OS2. The number of thiazole rings is 1. The number of hydrogen-bond acceptors (Lipinski definition) is 5. The first kappa shape index (κ1) is 19.1. The zero-order valence-corrected chi connectivity index (χ0v) is 16.5. The van der Waals surface area contributed by atoms with Crippen LogP contribution in [0.5, 0.6) is 0 Å². The van der Waals surface area contributed by atoms with Gasteiger partial charge in [-0.1, -0.05) is 35.0 Å². The van der Waals surface area contributed by atoms with E-state index in [1.54, 1.807) is 19.1 Å². The molecule has 0 aliphatic carbocycles. The normalized spacial score (nSPS) is 12.0. The number of aromatic nitrogens is 2. The van der Waals surface area contributed by atoms with Gasteiger partial charge in [0.1, 0.15) is 5.82 Å². The molecule has 1 N–H and O–H groups in total. The molecule has 2 heterocycles. The Kier molecular flexibility index (Phi) is 6.13. The fourth-order valence-corrected chi connectivity index (χ4v) is 4.39. The summed E-state index contributed by atoms with van der Waals surface area (Å²) in [7, 11) is 0. The van der Waals surface area contributed by atoms with Crippen LogP contribution in [0.15, 0.2) is 46.2 Å². The number of benzene rings is 1. The molecule has 2 aromatic heterocycles. The zero-order chi connectivity index (χ0) is 18.7. The predicted molar refractivity (Wildman–Crippen MR) is 106 cm³/mol. The molecule has 0 bridgehead atoms. The summed E-state index contributed by atoms with van der Waals surface area (Å²) in [5, 5.41) is 4.81. The topological polar surface area (TPSA) is 54.9 Å². The predicted octanol–water partition coefficient (Wildman–Crippen LogP) is 5.77. The number of halogens is 3. The molecule has 1 atom stereocenters. The van der Waals surface area contributed by atoms with Crippen LogP contribution < -0.4 is 5.32 Å². The van der Waals surface area contributed by atoms with Crippen molar-refractivity contribution >= 4 is 58.0 Å². The maximum absolute atomic E-state index is 13.0. The largest absolute Gasteiger partial charge is 0.308 e. The van der Waals surface area contributed by atoms with Gasteiger partial charge in [-0.15, -0.1) is 11.3 Å². The molecule has 0 fully saturated rings. The van der Waals surface area contributed by atoms with Gasteiger partial charge in [-0.05, 0) is 37.3 Å². The van der Waals surface area contributed by atoms with E-state index in [0.717, 1.165) is 15.6 Å². The lowest BCUT2D eigenvalue weighted by Crippen LogP contribution is -2.23. The molecule has 1 amide bonds. The van der Waals surface area contributed by atoms with Crippen LogP contribution in [0.2, 0.25) is 10.0 Å². The number of amides is 1. The van der Waals surface area contributed by atoms with Crippen LogP contribution >= 0.6 is 46.3 Å². The smallest absolute Gasteiger partial charge is 0.238 e. The Morgan fingerprint density at radius 1 is 1.31 bits per heavy atom. The Labute approximate surface area is 167 Å². The molecule has 0 saturated carbocycles. The third-order valence-corrected chi connectivity index (χ3v) is 5.89. The van der Waals surface area contributed by atoms with E-state index in [2.05, 4.69) is 15.3 Å². The van der Waals surface area contributed by atoms with E-state index in [0.29, 0.717) is 5.02 Å². The number of thioether (sulfide) groups is 1. The first-order chi connectivity index (χ1) is 12.4. The maximum atomic E-state index is 13.0. The Bertz CT molecular complexity index is 934. The van der Waals surface area contributed by atoms with Crippen molar-refractivity contribution in [2.75, 3.05) is 5.32 Å². The van der Waals surface area contributed by atoms with Crippen LogP contribution in [0, 0.1) is 5.82 Å². The first-order valence-corrected chi connectivity index (χ1v) is 9.94. The van der Waals surface area contributed by atoms with Gasteiger partial charge >= 0.3 is 0 Å². The third-order valence-electron chi connectivity index (χ3n) is 3.32. The minimum Gasteiger partial charge on any atom is -0.308 e. The molecule has 4 nitrogen and oxygen atoms in total. The number of pyridine rings is 1. The lowest BCUT2D eigenvalue weighted by atomic mass is 10.2. The van der Waals surface area contributed by atoms with Crippen LogP contribution in [-0.4, -0.2) is 21.1 Å². The second kappa shape index (κ2) is 8.35. The second-order valence-electron chi connectivity index (χ2n) is 5.24. The number of anilines is 1. The van der Waals surface area contributed by atoms with Crippen molar-refractivity contribution < 1.29 is 9.18 Å². The van der Waals surface area contributed by atoms with Gasteiger partial charge in [0.2, 0.25) is 5.91 Å². The lowest BCUT2D eigenvalue weighted by molar-refractivity contribution is -0.115. The number of hydrogen-bond donors (Lipinski definition) is 1. The van der Waals surface area contributed by atoms with Crippen molar-refractivity contribution in [1.29, 1.82) is 0 Å². The number of carbonyl (C=O) groups is 1. The molecule has 26 heavy (non-hydrogen) atoms. The summed E-state index contributed by atoms with van der Waals surface area (Å²) in [5.41, 5.74) is 1.57. The molecule has 0 aliphatic rings. The molecule has 0 aliphatic heterocycles. The molecule has 3 aromatic rings. The summed E-state index contributed by atoms with van der Waals surface area (Å²) in [6.45, 7) is 1.77. The van der Waals surface area contributed by atoms with Crippen LogP contribution in [0.3, 0.4) is 0 Å². The van der Waals surface area contributed by atoms with Crippen molar-refractivity contribution in [2.24, 2.45) is 0 Å². The first-order valence-electron chi connectivity index (χ1n) is 7.42. The number of nitrogens with zero attached hydrogens (tertiary/aromatic N) is 2. The van der Waals surface area contributed by atoms with Gasteiger partial charge in [0.05, 0.1) is 21.0 Å². The Morgan fingerprint density at radius 3 is 2.73 bits per heavy atom. The van der Waals surface area contributed by atoms with E-state index in [1.807, 2.05) is 5.38 Å². The fourth-order valence-electron chi connectivity index (χ4n) is 1.99. The van der Waals surface area contributed by atoms with Crippen molar-refractivity contribution in [3.05, 3.63) is 57.8 Å². The highest BCUT2D eigenvalue weighted by atomic mass is 35.5. The van der Waals surface area contributed by atoms with Crippen molar-refractivity contribution in [1.82, 2.24) is 9.97 Å². The lowest BCUT2D eigenvalue weighted by Gasteiger charge is -2.11. The van der Waals surface area contributed by atoms with Gasteiger partial charge in [-0.25, -0.2) is 14.4 Å². The quantitative estimate of drug-likeness (QED) is 0.524. The average Bonchev–Trinajstić information content (AvgIpc) is 3.06. The molecule has 0 saturated heterocycles. The fraction of sp³-hybridized carbons (Fsp3) is 0.118. The molecule has 0 spiro atoms. The van der Waals surface area contributed by atoms with Crippen LogP contribution in [0.25, 0.3) is 11.3 Å². The van der Waals surface area contributed by atoms with Crippen molar-refractivity contribution in [3.63, 3.8) is 0 Å². The highest BCUT2D eigenvalue weighted by Gasteiger charge is 2.18. The number of nitrogens with one attached hydrogen (secondary N) is 1. The Hall–Kier alpha value is -1.67. The van der Waals surface area contributed by atoms with Gasteiger partial charge in [0, 0.05) is 17.1 Å². The van der Waals surface area contributed by atoms with Crippen LogP contribution in [0.1, 0.15) is 6.92 Å². The highest BCUT2D eigenvalue weighted by Crippen LogP contribution is 2.31. The molecule has 9 heteroatoms. The van der Waals surface area contributed by atoms with E-state index < -0.39 is 5.25 Å². The van der Waals surface area contributed by atoms with Gasteiger partial charge in [-0.3, -0.25) is 4.79 Å². The van der Waals surface area contributed by atoms with Gasteiger partial charge in [-0.2, -0.15) is 0 Å². The summed E-state index contributed by atoms with van der Waals surface area (Å²) >= 11 is 14.6. The summed E-state index contributed by atoms with van der Waals surface area (Å²) in [6.07, 6.45) is 1.41. The molecule has 3 rings (SSSR count). The highest BCUT2D eigenvalue weighted by molar-refractivity contribution is 8.02. The molecule has 0 radical (unpaired) electrons. The van der Waals surface area contributed by atoms with Crippen LogP contribution in [0.4, 0.5) is 10.2 Å². The summed E-state index contributed by atoms with van der Waals surface area (Å²) in [5.74, 6) is -0.275. The molecule has 0 unspecified atom stereocenters. The standard InChI is InChI=1S/C17H12Cl2FN3OS2/c1-9(16(24)23-15-13(19)6-11(18)7-21-15)26-17-22-14(8-25-17)10-2-4-12(20)5-3-10/h2-9H,1H3,(H,21,23,24)/t9-/m1/s1. The molecule has 1 aromatic carbocycles. The average molecular weight is 428 g/mol. The summed E-state index contributed by atoms with van der Waals surface area (Å²) < 4.78 is 13.7. The minimum atomic E-state index is -0.407. The SMILES string of the molecule is C[C@@H](Sc1nc(-c2ccc(F)cc2)cs1)C(=O)Nc1ncc(Cl)cc1Cl. The van der Waals surface area contributed by atoms with E-state index in [4.69, 9.17) is 23.2 Å². The van der Waals surface area contributed by atoms with Gasteiger partial charge in [0.25, 0.3) is 0 Å². The molecular weight excluding hydrogens is 416 g/mol. The van der Waals surface area contributed by atoms with Crippen LogP contribution in [-0.2, 0) is 4.79 Å².